The summed E-state index contributed by atoms with van der Waals surface area (Å²) in [7, 11) is 0. The Kier molecular flexibility index (Phi) is 5.38. The molecular formula is C18H15N3O5S. The maximum absolute atomic E-state index is 12.2. The number of fused-ring (bicyclic) bond motifs is 1. The number of carbonyl (C=O) groups is 2. The lowest BCUT2D eigenvalue weighted by atomic mass is 10.1. The van der Waals surface area contributed by atoms with Gasteiger partial charge in [0.2, 0.25) is 0 Å². The standard InChI is InChI=1S/C18H15N3O5S/c1-2-24-18(23)16-12(11(8-19)17(20)27-16)9-25-15(22)7-13-10-5-3-4-6-14(10)26-21-13/h3-6H,2,7,9,20H2,1H3. The number of anilines is 1. The molecule has 0 saturated carbocycles. The molecule has 0 fully saturated rings. The Morgan fingerprint density at radius 2 is 2.11 bits per heavy atom. The molecule has 3 aromatic rings. The van der Waals surface area contributed by atoms with E-state index in [0.29, 0.717) is 11.3 Å². The van der Waals surface area contributed by atoms with E-state index in [1.165, 1.54) is 0 Å². The summed E-state index contributed by atoms with van der Waals surface area (Å²) in [5.74, 6) is -1.18. The van der Waals surface area contributed by atoms with Crippen LogP contribution in [0.3, 0.4) is 0 Å². The Balaban J connectivity index is 1.75. The fourth-order valence-corrected chi connectivity index (χ4v) is 3.43. The van der Waals surface area contributed by atoms with Crippen LogP contribution in [0.4, 0.5) is 5.00 Å². The molecule has 0 amide bonds. The van der Waals surface area contributed by atoms with Crippen LogP contribution >= 0.6 is 11.3 Å². The van der Waals surface area contributed by atoms with Gasteiger partial charge in [-0.2, -0.15) is 5.26 Å². The number of rotatable bonds is 6. The Morgan fingerprint density at radius 1 is 1.33 bits per heavy atom. The molecule has 2 heterocycles. The maximum Gasteiger partial charge on any atom is 0.348 e. The summed E-state index contributed by atoms with van der Waals surface area (Å²) in [6.45, 7) is 1.58. The van der Waals surface area contributed by atoms with E-state index < -0.39 is 11.9 Å². The minimum absolute atomic E-state index is 0.104. The van der Waals surface area contributed by atoms with Crippen molar-refractivity contribution in [3.63, 3.8) is 0 Å². The average Bonchev–Trinajstić information content (AvgIpc) is 3.21. The number of hydrogen-bond donors (Lipinski definition) is 1. The highest BCUT2D eigenvalue weighted by Gasteiger charge is 2.24. The third kappa shape index (κ3) is 3.75. The molecule has 9 heteroatoms. The lowest BCUT2D eigenvalue weighted by Crippen LogP contribution is -2.11. The first-order chi connectivity index (χ1) is 13.0. The van der Waals surface area contributed by atoms with Crippen LogP contribution in [-0.4, -0.2) is 23.7 Å². The van der Waals surface area contributed by atoms with Crippen molar-refractivity contribution in [2.45, 2.75) is 20.0 Å². The van der Waals surface area contributed by atoms with Gasteiger partial charge in [0, 0.05) is 10.9 Å². The predicted octanol–water partition coefficient (Wildman–Crippen LogP) is 2.81. The number of ether oxygens (including phenoxy) is 2. The molecular weight excluding hydrogens is 370 g/mol. The summed E-state index contributed by atoms with van der Waals surface area (Å²) in [5.41, 5.74) is 7.17. The smallest absolute Gasteiger partial charge is 0.348 e. The van der Waals surface area contributed by atoms with E-state index in [-0.39, 0.29) is 40.6 Å². The fraction of sp³-hybridized carbons (Fsp3) is 0.222. The van der Waals surface area contributed by atoms with Gasteiger partial charge in [0.05, 0.1) is 18.6 Å². The summed E-state index contributed by atoms with van der Waals surface area (Å²) in [4.78, 5) is 24.4. The summed E-state index contributed by atoms with van der Waals surface area (Å²) < 4.78 is 15.4. The van der Waals surface area contributed by atoms with Crippen molar-refractivity contribution < 1.29 is 23.6 Å². The van der Waals surface area contributed by atoms with Crippen LogP contribution in [0.1, 0.15) is 33.4 Å². The first kappa shape index (κ1) is 18.4. The fourth-order valence-electron chi connectivity index (χ4n) is 2.51. The largest absolute Gasteiger partial charge is 0.462 e. The van der Waals surface area contributed by atoms with Gasteiger partial charge in [0.15, 0.2) is 5.58 Å². The van der Waals surface area contributed by atoms with Crippen molar-refractivity contribution in [1.29, 1.82) is 5.26 Å². The zero-order valence-electron chi connectivity index (χ0n) is 14.4. The van der Waals surface area contributed by atoms with Crippen LogP contribution in [-0.2, 0) is 27.3 Å². The normalized spacial score (nSPS) is 10.5. The van der Waals surface area contributed by atoms with Gasteiger partial charge in [-0.05, 0) is 19.1 Å². The predicted molar refractivity (Wildman–Crippen MR) is 96.9 cm³/mol. The summed E-state index contributed by atoms with van der Waals surface area (Å²) >= 11 is 0.935. The van der Waals surface area contributed by atoms with Gasteiger partial charge in [-0.25, -0.2) is 4.79 Å². The molecule has 1 aromatic carbocycles. The van der Waals surface area contributed by atoms with Crippen molar-refractivity contribution >= 4 is 39.2 Å². The van der Waals surface area contributed by atoms with Crippen molar-refractivity contribution in [3.8, 4) is 6.07 Å². The number of benzene rings is 1. The van der Waals surface area contributed by atoms with Gasteiger partial charge in [0.1, 0.15) is 28.2 Å². The quantitative estimate of drug-likeness (QED) is 0.641. The van der Waals surface area contributed by atoms with Crippen molar-refractivity contribution in [2.24, 2.45) is 0 Å². The second-order valence-electron chi connectivity index (χ2n) is 5.44. The van der Waals surface area contributed by atoms with E-state index in [4.69, 9.17) is 19.7 Å². The monoisotopic (exact) mass is 385 g/mol. The number of thiophene rings is 1. The molecule has 0 bridgehead atoms. The molecule has 2 N–H and O–H groups in total. The Morgan fingerprint density at radius 3 is 2.85 bits per heavy atom. The molecule has 2 aromatic heterocycles. The summed E-state index contributed by atoms with van der Waals surface area (Å²) in [6.07, 6.45) is -0.104. The van der Waals surface area contributed by atoms with Crippen LogP contribution < -0.4 is 5.73 Å². The highest BCUT2D eigenvalue weighted by atomic mass is 32.1. The minimum atomic E-state index is -0.607. The number of esters is 2. The van der Waals surface area contributed by atoms with Crippen molar-refractivity contribution in [2.75, 3.05) is 12.3 Å². The average molecular weight is 385 g/mol. The number of aromatic nitrogens is 1. The Bertz CT molecular complexity index is 1050. The van der Waals surface area contributed by atoms with E-state index >= 15 is 0 Å². The molecule has 0 spiro atoms. The Hall–Kier alpha value is -3.38. The van der Waals surface area contributed by atoms with Crippen LogP contribution in [0, 0.1) is 11.3 Å². The first-order valence-electron chi connectivity index (χ1n) is 8.02. The number of nitrogen functional groups attached to an aromatic ring is 1. The SMILES string of the molecule is CCOC(=O)c1sc(N)c(C#N)c1COC(=O)Cc1noc2ccccc12. The van der Waals surface area contributed by atoms with Gasteiger partial charge in [-0.1, -0.05) is 17.3 Å². The third-order valence-electron chi connectivity index (χ3n) is 3.75. The molecule has 0 unspecified atom stereocenters. The van der Waals surface area contributed by atoms with E-state index in [2.05, 4.69) is 5.16 Å². The van der Waals surface area contributed by atoms with Crippen LogP contribution in [0.5, 0.6) is 0 Å². The number of hydrogen-bond acceptors (Lipinski definition) is 9. The highest BCUT2D eigenvalue weighted by molar-refractivity contribution is 7.18. The van der Waals surface area contributed by atoms with E-state index in [1.807, 2.05) is 12.1 Å². The van der Waals surface area contributed by atoms with Crippen LogP contribution in [0.25, 0.3) is 11.0 Å². The lowest BCUT2D eigenvalue weighted by molar-refractivity contribution is -0.144. The second-order valence-corrected chi connectivity index (χ2v) is 6.50. The number of carbonyl (C=O) groups excluding carboxylic acids is 2. The first-order valence-corrected chi connectivity index (χ1v) is 8.84. The molecule has 0 atom stereocenters. The highest BCUT2D eigenvalue weighted by Crippen LogP contribution is 2.32. The summed E-state index contributed by atoms with van der Waals surface area (Å²) in [6, 6.07) is 9.09. The second kappa shape index (κ2) is 7.88. The number of nitrogens with two attached hydrogens (primary N) is 1. The number of nitriles is 1. The lowest BCUT2D eigenvalue weighted by Gasteiger charge is -2.06. The van der Waals surface area contributed by atoms with E-state index in [0.717, 1.165) is 16.7 Å². The summed E-state index contributed by atoms with van der Waals surface area (Å²) in [5, 5.41) is 14.1. The molecule has 0 aliphatic rings. The molecule has 0 radical (unpaired) electrons. The number of nitrogens with zero attached hydrogens (tertiary/aromatic N) is 2. The minimum Gasteiger partial charge on any atom is -0.462 e. The van der Waals surface area contributed by atoms with Gasteiger partial charge in [-0.15, -0.1) is 11.3 Å². The van der Waals surface area contributed by atoms with Gasteiger partial charge < -0.3 is 19.7 Å². The molecule has 138 valence electrons. The van der Waals surface area contributed by atoms with Crippen molar-refractivity contribution in [1.82, 2.24) is 5.16 Å². The molecule has 3 rings (SSSR count). The Labute approximate surface area is 158 Å². The molecule has 8 nitrogen and oxygen atoms in total. The molecule has 0 aliphatic heterocycles. The van der Waals surface area contributed by atoms with Crippen LogP contribution in [0.15, 0.2) is 28.8 Å². The zero-order valence-corrected chi connectivity index (χ0v) is 15.2. The molecule has 0 saturated heterocycles. The van der Waals surface area contributed by atoms with Crippen molar-refractivity contribution in [3.05, 3.63) is 46.0 Å². The number of para-hydroxylation sites is 1. The van der Waals surface area contributed by atoms with Gasteiger partial charge in [0.25, 0.3) is 0 Å². The van der Waals surface area contributed by atoms with E-state index in [9.17, 15) is 14.9 Å². The van der Waals surface area contributed by atoms with Crippen LogP contribution in [0.2, 0.25) is 0 Å². The topological polar surface area (TPSA) is 128 Å². The third-order valence-corrected chi connectivity index (χ3v) is 4.79. The zero-order chi connectivity index (χ0) is 19.4. The molecule has 27 heavy (non-hydrogen) atoms. The van der Waals surface area contributed by atoms with Gasteiger partial charge >= 0.3 is 11.9 Å². The molecule has 0 aliphatic carbocycles. The van der Waals surface area contributed by atoms with E-state index in [1.54, 1.807) is 25.1 Å². The van der Waals surface area contributed by atoms with Gasteiger partial charge in [-0.3, -0.25) is 4.79 Å². The maximum atomic E-state index is 12.2.